The molecule has 0 aliphatic carbocycles. The van der Waals surface area contributed by atoms with Gasteiger partial charge in [-0.15, -0.1) is 0 Å². The standard InChI is InChI=1S/C8H10AsNO5.Na.H/c1-5(11)10-7-4-6(9(13,14)15)2-3-8(7)12;;/h2-4,12H,1H3,(H,10,11)(H2,13,14,15);;/q;+1;-1. The molecule has 1 aromatic carbocycles. The van der Waals surface area contributed by atoms with E-state index in [0.717, 1.165) is 18.2 Å². The molecule has 4 N–H and O–H groups in total. The van der Waals surface area contributed by atoms with Crippen LogP contribution in [-0.2, 0) is 8.53 Å². The Kier molecular flexibility index (Phi) is 5.82. The average Bonchev–Trinajstić information content (AvgIpc) is 2.06. The van der Waals surface area contributed by atoms with Crippen molar-refractivity contribution in [2.75, 3.05) is 5.32 Å². The molecule has 0 spiro atoms. The van der Waals surface area contributed by atoms with Crippen LogP contribution < -0.4 is 39.2 Å². The van der Waals surface area contributed by atoms with Gasteiger partial charge in [-0.2, -0.15) is 0 Å². The van der Waals surface area contributed by atoms with Gasteiger partial charge in [-0.25, -0.2) is 0 Å². The van der Waals surface area contributed by atoms with Crippen LogP contribution in [0.5, 0.6) is 5.75 Å². The molecule has 1 aromatic rings. The summed E-state index contributed by atoms with van der Waals surface area (Å²) in [7, 11) is 0. The summed E-state index contributed by atoms with van der Waals surface area (Å²) in [4.78, 5) is 10.7. The Morgan fingerprint density at radius 2 is 2.00 bits per heavy atom. The zero-order valence-electron chi connectivity index (χ0n) is 9.84. The van der Waals surface area contributed by atoms with Crippen molar-refractivity contribution in [3.05, 3.63) is 18.2 Å². The van der Waals surface area contributed by atoms with E-state index < -0.39 is 20.1 Å². The first-order valence-corrected chi connectivity index (χ1v) is 7.35. The predicted octanol–water partition coefficient (Wildman–Crippen LogP) is -3.97. The second-order valence-corrected chi connectivity index (χ2v) is 6.29. The number of amides is 1. The summed E-state index contributed by atoms with van der Waals surface area (Å²) in [6.45, 7) is 1.23. The fourth-order valence-electron chi connectivity index (χ4n) is 0.995. The largest absolute Gasteiger partial charge is 1.00 e. The number of benzene rings is 1. The molecule has 0 atom stereocenters. The molecule has 1 rings (SSSR count). The van der Waals surface area contributed by atoms with Crippen molar-refractivity contribution in [3.8, 4) is 5.75 Å². The molecule has 0 aliphatic heterocycles. The van der Waals surface area contributed by atoms with Gasteiger partial charge in [0, 0.05) is 0 Å². The molecule has 0 aromatic heterocycles. The number of aromatic hydroxyl groups is 1. The topological polar surface area (TPSA) is 107 Å². The van der Waals surface area contributed by atoms with Crippen LogP contribution in [0.4, 0.5) is 5.69 Å². The summed E-state index contributed by atoms with van der Waals surface area (Å²) < 4.78 is 28.6. The molecule has 1 amide bonds. The van der Waals surface area contributed by atoms with Crippen molar-refractivity contribution < 1.29 is 52.8 Å². The minimum atomic E-state index is -4.98. The van der Waals surface area contributed by atoms with E-state index in [2.05, 4.69) is 5.32 Å². The zero-order chi connectivity index (χ0) is 11.6. The normalized spacial score (nSPS) is 10.4. The molecule has 0 unspecified atom stereocenters. The molecule has 84 valence electrons. The first kappa shape index (κ1) is 15.8. The van der Waals surface area contributed by atoms with E-state index in [0.29, 0.717) is 0 Å². The van der Waals surface area contributed by atoms with Crippen LogP contribution in [0.15, 0.2) is 18.2 Å². The molecule has 0 fully saturated rings. The first-order valence-electron chi connectivity index (χ1n) is 3.97. The molecule has 0 heterocycles. The van der Waals surface area contributed by atoms with Crippen molar-refractivity contribution >= 4 is 30.1 Å². The van der Waals surface area contributed by atoms with E-state index in [4.69, 9.17) is 8.19 Å². The molecule has 0 aliphatic rings. The number of carbonyl (C=O) groups excluding carboxylic acids is 1. The second-order valence-electron chi connectivity index (χ2n) is 2.93. The third-order valence-electron chi connectivity index (χ3n) is 1.63. The van der Waals surface area contributed by atoms with Gasteiger partial charge in [-0.3, -0.25) is 0 Å². The number of phenols is 1. The maximum Gasteiger partial charge on any atom is 1.00 e. The van der Waals surface area contributed by atoms with Gasteiger partial charge in [0.25, 0.3) is 0 Å². The quantitative estimate of drug-likeness (QED) is 0.329. The van der Waals surface area contributed by atoms with Gasteiger partial charge in [-0.1, -0.05) is 0 Å². The molecule has 0 saturated heterocycles. The van der Waals surface area contributed by atoms with Crippen molar-refractivity contribution in [3.63, 3.8) is 0 Å². The number of hydrogen-bond acceptors (Lipinski definition) is 3. The molecular formula is C8H11AsNNaO5. The monoisotopic (exact) mass is 299 g/mol. The van der Waals surface area contributed by atoms with Crippen LogP contribution in [0, 0.1) is 0 Å². The van der Waals surface area contributed by atoms with Crippen molar-refractivity contribution in [2.24, 2.45) is 0 Å². The summed E-state index contributed by atoms with van der Waals surface area (Å²) in [5, 5.41) is 11.6. The average molecular weight is 299 g/mol. The molecule has 16 heavy (non-hydrogen) atoms. The number of carbonyl (C=O) groups is 1. The zero-order valence-corrected chi connectivity index (χ0v) is 12.7. The van der Waals surface area contributed by atoms with Crippen LogP contribution in [-0.4, -0.2) is 33.4 Å². The Balaban J connectivity index is 0. The summed E-state index contributed by atoms with van der Waals surface area (Å²) in [5.41, 5.74) is -0.00951. The van der Waals surface area contributed by atoms with Crippen LogP contribution in [0.25, 0.3) is 0 Å². The molecule has 8 heteroatoms. The van der Waals surface area contributed by atoms with E-state index in [9.17, 15) is 13.6 Å². The summed E-state index contributed by atoms with van der Waals surface area (Å²) >= 11 is -4.98. The third kappa shape index (κ3) is 4.33. The summed E-state index contributed by atoms with van der Waals surface area (Å²) in [6.07, 6.45) is 0. The molecule has 0 radical (unpaired) electrons. The Hall–Kier alpha value is -0.232. The maximum atomic E-state index is 10.9. The maximum absolute atomic E-state index is 10.9. The fourth-order valence-corrected chi connectivity index (χ4v) is 2.18. The van der Waals surface area contributed by atoms with Crippen LogP contribution in [0.3, 0.4) is 0 Å². The summed E-state index contributed by atoms with van der Waals surface area (Å²) in [5.74, 6) is -0.668. The Morgan fingerprint density at radius 1 is 1.44 bits per heavy atom. The van der Waals surface area contributed by atoms with Gasteiger partial charge in [0.05, 0.1) is 0 Å². The van der Waals surface area contributed by atoms with Crippen molar-refractivity contribution in [1.29, 1.82) is 0 Å². The number of rotatable bonds is 2. The minimum Gasteiger partial charge on any atom is -1.00 e. The van der Waals surface area contributed by atoms with Gasteiger partial charge < -0.3 is 1.43 Å². The Bertz CT molecular complexity index is 450. The first-order chi connectivity index (χ1) is 6.80. The SMILES string of the molecule is CC(=O)Nc1cc([As](=O)(O)O)ccc1O.[H-].[Na+]. The van der Waals surface area contributed by atoms with E-state index in [1.165, 1.54) is 6.92 Å². The number of phenolic OH excluding ortho intramolecular Hbond substituents is 1. The van der Waals surface area contributed by atoms with E-state index in [-0.39, 0.29) is 46.8 Å². The Morgan fingerprint density at radius 3 is 2.44 bits per heavy atom. The third-order valence-corrected chi connectivity index (χ3v) is 3.62. The van der Waals surface area contributed by atoms with Crippen LogP contribution in [0.1, 0.15) is 8.35 Å². The number of hydrogen-bond donors (Lipinski definition) is 4. The predicted molar refractivity (Wildman–Crippen MR) is 54.0 cm³/mol. The summed E-state index contributed by atoms with van der Waals surface area (Å²) in [6, 6.07) is 3.32. The van der Waals surface area contributed by atoms with E-state index in [1.807, 2.05) is 0 Å². The van der Waals surface area contributed by atoms with Gasteiger partial charge in [0.15, 0.2) is 0 Å². The van der Waals surface area contributed by atoms with E-state index in [1.54, 1.807) is 0 Å². The van der Waals surface area contributed by atoms with Gasteiger partial charge >= 0.3 is 118 Å². The molecular weight excluding hydrogens is 288 g/mol. The van der Waals surface area contributed by atoms with Crippen LogP contribution >= 0.6 is 0 Å². The van der Waals surface area contributed by atoms with Gasteiger partial charge in [0.2, 0.25) is 0 Å². The Labute approximate surface area is 118 Å². The minimum absolute atomic E-state index is 0. The van der Waals surface area contributed by atoms with Gasteiger partial charge in [-0.05, 0) is 0 Å². The van der Waals surface area contributed by atoms with Crippen LogP contribution in [0.2, 0.25) is 0 Å². The molecule has 0 saturated carbocycles. The van der Waals surface area contributed by atoms with Crippen molar-refractivity contribution in [1.82, 2.24) is 0 Å². The molecule has 0 bridgehead atoms. The molecule has 6 nitrogen and oxygen atoms in total. The van der Waals surface area contributed by atoms with Crippen molar-refractivity contribution in [2.45, 2.75) is 6.92 Å². The number of nitrogens with one attached hydrogen (secondary N) is 1. The fraction of sp³-hybridized carbons (Fsp3) is 0.125. The number of anilines is 1. The smallest absolute Gasteiger partial charge is 1.00 e. The second kappa shape index (κ2) is 5.91. The van der Waals surface area contributed by atoms with Gasteiger partial charge in [0.1, 0.15) is 0 Å². The van der Waals surface area contributed by atoms with E-state index >= 15 is 0 Å².